The standard InChI is InChI=1S/C19H26N2OS/c1-4-11-21(12-5-2)19(22)17-16(13-23-18(17)20)15-9-7-14(6-3)8-10-15/h7-10,13H,4-6,11-12,20H2,1-3H3. The van der Waals surface area contributed by atoms with Crippen molar-refractivity contribution in [2.45, 2.75) is 40.0 Å². The Morgan fingerprint density at radius 3 is 2.22 bits per heavy atom. The Hall–Kier alpha value is -1.81. The molecule has 0 unspecified atom stereocenters. The highest BCUT2D eigenvalue weighted by Gasteiger charge is 2.23. The lowest BCUT2D eigenvalue weighted by atomic mass is 10.0. The molecule has 1 heterocycles. The van der Waals surface area contributed by atoms with Crippen LogP contribution in [0.5, 0.6) is 0 Å². The molecule has 2 aromatic rings. The van der Waals surface area contributed by atoms with E-state index in [1.807, 2.05) is 10.3 Å². The first-order valence-corrected chi connectivity index (χ1v) is 9.25. The minimum atomic E-state index is 0.0574. The Bertz CT molecular complexity index is 640. The molecule has 23 heavy (non-hydrogen) atoms. The molecule has 0 fully saturated rings. The van der Waals surface area contributed by atoms with E-state index >= 15 is 0 Å². The molecule has 0 spiro atoms. The predicted molar refractivity (Wildman–Crippen MR) is 100 cm³/mol. The zero-order valence-corrected chi connectivity index (χ0v) is 15.1. The van der Waals surface area contributed by atoms with Crippen molar-refractivity contribution in [3.05, 3.63) is 40.8 Å². The van der Waals surface area contributed by atoms with Gasteiger partial charge in [-0.3, -0.25) is 4.79 Å². The molecular weight excluding hydrogens is 304 g/mol. The van der Waals surface area contributed by atoms with E-state index in [9.17, 15) is 4.79 Å². The molecule has 2 rings (SSSR count). The lowest BCUT2D eigenvalue weighted by Gasteiger charge is -2.22. The molecule has 2 N–H and O–H groups in total. The summed E-state index contributed by atoms with van der Waals surface area (Å²) in [5.74, 6) is 0.0574. The van der Waals surface area contributed by atoms with Gasteiger partial charge in [0.05, 0.1) is 10.6 Å². The van der Waals surface area contributed by atoms with Crippen LogP contribution >= 0.6 is 11.3 Å². The first-order valence-electron chi connectivity index (χ1n) is 8.37. The third-order valence-corrected chi connectivity index (χ3v) is 4.79. The first-order chi connectivity index (χ1) is 11.1. The highest BCUT2D eigenvalue weighted by molar-refractivity contribution is 7.15. The quantitative estimate of drug-likeness (QED) is 0.791. The molecule has 3 nitrogen and oxygen atoms in total. The van der Waals surface area contributed by atoms with Crippen LogP contribution in [0.25, 0.3) is 11.1 Å². The lowest BCUT2D eigenvalue weighted by molar-refractivity contribution is 0.0758. The molecule has 0 saturated carbocycles. The van der Waals surface area contributed by atoms with E-state index in [-0.39, 0.29) is 5.91 Å². The summed E-state index contributed by atoms with van der Waals surface area (Å²) in [5, 5.41) is 2.61. The molecule has 0 radical (unpaired) electrons. The van der Waals surface area contributed by atoms with E-state index < -0.39 is 0 Å². The maximum Gasteiger partial charge on any atom is 0.257 e. The minimum Gasteiger partial charge on any atom is -0.390 e. The van der Waals surface area contributed by atoms with Crippen LogP contribution in [0.4, 0.5) is 5.00 Å². The molecule has 0 bridgehead atoms. The number of rotatable bonds is 7. The van der Waals surface area contributed by atoms with E-state index in [4.69, 9.17) is 5.73 Å². The summed E-state index contributed by atoms with van der Waals surface area (Å²) >= 11 is 1.45. The van der Waals surface area contributed by atoms with Gasteiger partial charge >= 0.3 is 0 Å². The zero-order valence-electron chi connectivity index (χ0n) is 14.3. The molecule has 1 amide bonds. The number of hydrogen-bond donors (Lipinski definition) is 1. The summed E-state index contributed by atoms with van der Waals surface area (Å²) in [6, 6.07) is 8.41. The summed E-state index contributed by atoms with van der Waals surface area (Å²) in [5.41, 5.74) is 10.1. The summed E-state index contributed by atoms with van der Waals surface area (Å²) in [6.45, 7) is 7.88. The first kappa shape index (κ1) is 17.5. The van der Waals surface area contributed by atoms with Crippen molar-refractivity contribution in [3.63, 3.8) is 0 Å². The summed E-state index contributed by atoms with van der Waals surface area (Å²) in [6.07, 6.45) is 2.92. The number of nitrogens with zero attached hydrogens (tertiary/aromatic N) is 1. The van der Waals surface area contributed by atoms with Gasteiger partial charge in [0.1, 0.15) is 0 Å². The molecular formula is C19H26N2OS. The van der Waals surface area contributed by atoms with Gasteiger partial charge in [-0.1, -0.05) is 45.0 Å². The fraction of sp³-hybridized carbons (Fsp3) is 0.421. The number of carbonyl (C=O) groups is 1. The van der Waals surface area contributed by atoms with E-state index in [2.05, 4.69) is 45.0 Å². The number of nitrogens with two attached hydrogens (primary N) is 1. The van der Waals surface area contributed by atoms with Crippen LogP contribution in [0.1, 0.15) is 49.5 Å². The Morgan fingerprint density at radius 1 is 1.09 bits per heavy atom. The van der Waals surface area contributed by atoms with Crippen molar-refractivity contribution in [2.24, 2.45) is 0 Å². The van der Waals surface area contributed by atoms with Crippen molar-refractivity contribution < 1.29 is 4.79 Å². The number of carbonyl (C=O) groups excluding carboxylic acids is 1. The van der Waals surface area contributed by atoms with Crippen LogP contribution in [-0.2, 0) is 6.42 Å². The van der Waals surface area contributed by atoms with Gasteiger partial charge in [-0.15, -0.1) is 11.3 Å². The van der Waals surface area contributed by atoms with Gasteiger partial charge in [0.25, 0.3) is 5.91 Å². The largest absolute Gasteiger partial charge is 0.390 e. The van der Waals surface area contributed by atoms with Crippen molar-refractivity contribution in [1.29, 1.82) is 0 Å². The van der Waals surface area contributed by atoms with Gasteiger partial charge in [0.15, 0.2) is 0 Å². The normalized spacial score (nSPS) is 10.7. The van der Waals surface area contributed by atoms with Crippen molar-refractivity contribution >= 4 is 22.2 Å². The number of hydrogen-bond acceptors (Lipinski definition) is 3. The Labute approximate surface area is 143 Å². The van der Waals surface area contributed by atoms with E-state index in [1.165, 1.54) is 16.9 Å². The van der Waals surface area contributed by atoms with Crippen molar-refractivity contribution in [2.75, 3.05) is 18.8 Å². The van der Waals surface area contributed by atoms with Crippen LogP contribution in [0.3, 0.4) is 0 Å². The number of amides is 1. The average Bonchev–Trinajstić information content (AvgIpc) is 2.95. The Kier molecular flexibility index (Phi) is 6.22. The second-order valence-corrected chi connectivity index (χ2v) is 6.64. The van der Waals surface area contributed by atoms with Gasteiger partial charge < -0.3 is 10.6 Å². The molecule has 0 aliphatic carbocycles. The summed E-state index contributed by atoms with van der Waals surface area (Å²) < 4.78 is 0. The topological polar surface area (TPSA) is 46.3 Å². The smallest absolute Gasteiger partial charge is 0.257 e. The number of benzene rings is 1. The highest BCUT2D eigenvalue weighted by atomic mass is 32.1. The fourth-order valence-electron chi connectivity index (χ4n) is 2.74. The van der Waals surface area contributed by atoms with Crippen LogP contribution < -0.4 is 5.73 Å². The van der Waals surface area contributed by atoms with Crippen LogP contribution in [-0.4, -0.2) is 23.9 Å². The molecule has 0 atom stereocenters. The second kappa shape index (κ2) is 8.16. The van der Waals surface area contributed by atoms with Gasteiger partial charge in [-0.25, -0.2) is 0 Å². The number of anilines is 1. The second-order valence-electron chi connectivity index (χ2n) is 5.73. The van der Waals surface area contributed by atoms with Gasteiger partial charge in [0.2, 0.25) is 0 Å². The maximum atomic E-state index is 13.0. The van der Waals surface area contributed by atoms with Gasteiger partial charge in [-0.2, -0.15) is 0 Å². The van der Waals surface area contributed by atoms with Gasteiger partial charge in [0, 0.05) is 24.0 Å². The highest BCUT2D eigenvalue weighted by Crippen LogP contribution is 2.34. The zero-order chi connectivity index (χ0) is 16.8. The van der Waals surface area contributed by atoms with E-state index in [0.29, 0.717) is 10.6 Å². The summed E-state index contributed by atoms with van der Waals surface area (Å²) in [4.78, 5) is 14.9. The third kappa shape index (κ3) is 3.94. The van der Waals surface area contributed by atoms with E-state index in [0.717, 1.165) is 43.5 Å². The Morgan fingerprint density at radius 2 is 1.70 bits per heavy atom. The van der Waals surface area contributed by atoms with Crippen molar-refractivity contribution in [3.8, 4) is 11.1 Å². The molecule has 4 heteroatoms. The molecule has 124 valence electrons. The molecule has 0 aliphatic heterocycles. The molecule has 0 saturated heterocycles. The van der Waals surface area contributed by atoms with Crippen LogP contribution in [0.2, 0.25) is 0 Å². The predicted octanol–water partition coefficient (Wildman–Crippen LogP) is 4.82. The molecule has 1 aromatic heterocycles. The summed E-state index contributed by atoms with van der Waals surface area (Å²) in [7, 11) is 0. The third-order valence-electron chi connectivity index (χ3n) is 3.98. The fourth-order valence-corrected chi connectivity index (χ4v) is 3.55. The number of thiophene rings is 1. The van der Waals surface area contributed by atoms with Gasteiger partial charge in [-0.05, 0) is 30.4 Å². The maximum absolute atomic E-state index is 13.0. The minimum absolute atomic E-state index is 0.0574. The number of aryl methyl sites for hydroxylation is 1. The van der Waals surface area contributed by atoms with Crippen molar-refractivity contribution in [1.82, 2.24) is 4.90 Å². The molecule has 1 aromatic carbocycles. The van der Waals surface area contributed by atoms with Crippen LogP contribution in [0, 0.1) is 0 Å². The Balaban J connectivity index is 2.38. The van der Waals surface area contributed by atoms with E-state index in [1.54, 1.807) is 0 Å². The SMILES string of the molecule is CCCN(CCC)C(=O)c1c(-c2ccc(CC)cc2)csc1N. The number of nitrogen functional groups attached to an aromatic ring is 1. The monoisotopic (exact) mass is 330 g/mol. The molecule has 0 aliphatic rings. The lowest BCUT2D eigenvalue weighted by Crippen LogP contribution is -2.33. The van der Waals surface area contributed by atoms with Crippen LogP contribution in [0.15, 0.2) is 29.6 Å². The average molecular weight is 330 g/mol.